The van der Waals surface area contributed by atoms with Gasteiger partial charge in [0.2, 0.25) is 5.91 Å². The van der Waals surface area contributed by atoms with E-state index >= 15 is 0 Å². The topological polar surface area (TPSA) is 63.0 Å². The molecule has 1 aliphatic rings. The van der Waals surface area contributed by atoms with Crippen molar-refractivity contribution < 1.29 is 13.9 Å². The van der Waals surface area contributed by atoms with Crippen molar-refractivity contribution in [3.8, 4) is 5.75 Å². The minimum absolute atomic E-state index is 0.000965. The molecule has 0 spiro atoms. The van der Waals surface area contributed by atoms with E-state index in [0.717, 1.165) is 24.4 Å². The average Bonchev–Trinajstić information content (AvgIpc) is 2.81. The summed E-state index contributed by atoms with van der Waals surface area (Å²) in [4.78, 5) is 29.8. The molecule has 1 aromatic heterocycles. The number of fused-ring (bicyclic) bond motifs is 1. The van der Waals surface area contributed by atoms with Gasteiger partial charge in [0.25, 0.3) is 0 Å². The first kappa shape index (κ1) is 22.9. The van der Waals surface area contributed by atoms with E-state index in [1.54, 1.807) is 12.1 Å². The number of halogens is 1. The van der Waals surface area contributed by atoms with Gasteiger partial charge in [-0.1, -0.05) is 36.4 Å². The lowest BCUT2D eigenvalue weighted by molar-refractivity contribution is -0.130. The lowest BCUT2D eigenvalue weighted by Crippen LogP contribution is -2.49. The number of ether oxygens (including phenoxy) is 1. The first-order valence-corrected chi connectivity index (χ1v) is 11.3. The van der Waals surface area contributed by atoms with E-state index in [1.807, 2.05) is 36.9 Å². The summed E-state index contributed by atoms with van der Waals surface area (Å²) in [5.74, 6) is 0.347. The maximum atomic E-state index is 13.0. The van der Waals surface area contributed by atoms with Crippen LogP contribution in [0.15, 0.2) is 63.8 Å². The van der Waals surface area contributed by atoms with Gasteiger partial charge in [0.15, 0.2) is 0 Å². The molecule has 4 rings (SSSR count). The number of aryl methyl sites for hydroxylation is 1. The van der Waals surface area contributed by atoms with E-state index in [9.17, 15) is 9.59 Å². The zero-order valence-electron chi connectivity index (χ0n) is 18.9. The summed E-state index contributed by atoms with van der Waals surface area (Å²) in [6.45, 7) is 10.5. The SMILES string of the molecule is C=C(C)COc1cc2oc(=O)c(CC(=O)N3CCN(c4ccccc4)CC3)c(C)c2cc1Cl. The van der Waals surface area contributed by atoms with Crippen molar-refractivity contribution in [1.82, 2.24) is 4.90 Å². The van der Waals surface area contributed by atoms with Crippen LogP contribution in [-0.2, 0) is 11.2 Å². The molecular weight excluding hydrogens is 440 g/mol. The monoisotopic (exact) mass is 466 g/mol. The van der Waals surface area contributed by atoms with Crippen molar-refractivity contribution >= 4 is 34.2 Å². The normalized spacial score (nSPS) is 13.9. The number of amides is 1. The molecule has 0 aliphatic carbocycles. The van der Waals surface area contributed by atoms with E-state index in [-0.39, 0.29) is 12.3 Å². The summed E-state index contributed by atoms with van der Waals surface area (Å²) < 4.78 is 11.2. The average molecular weight is 467 g/mol. The van der Waals surface area contributed by atoms with E-state index in [0.29, 0.717) is 52.6 Å². The Hall–Kier alpha value is -3.25. The molecule has 0 radical (unpaired) electrons. The molecule has 0 saturated carbocycles. The standard InChI is InChI=1S/C26H27ClN2O4/c1-17(2)16-32-24-15-23-20(13-22(24)27)18(3)21(26(31)33-23)14-25(30)29-11-9-28(10-12-29)19-7-5-4-6-8-19/h4-8,13,15H,1,9-12,14,16H2,2-3H3. The lowest BCUT2D eigenvalue weighted by atomic mass is 10.0. The number of rotatable bonds is 6. The number of hydrogen-bond acceptors (Lipinski definition) is 5. The molecule has 1 fully saturated rings. The summed E-state index contributed by atoms with van der Waals surface area (Å²) in [5.41, 5.74) is 2.94. The van der Waals surface area contributed by atoms with Crippen molar-refractivity contribution in [2.45, 2.75) is 20.3 Å². The third-order valence-electron chi connectivity index (χ3n) is 5.90. The maximum Gasteiger partial charge on any atom is 0.340 e. The predicted molar refractivity (Wildman–Crippen MR) is 131 cm³/mol. The van der Waals surface area contributed by atoms with Crippen LogP contribution in [-0.4, -0.2) is 43.6 Å². The molecule has 2 aromatic carbocycles. The summed E-state index contributed by atoms with van der Waals surface area (Å²) >= 11 is 6.39. The molecule has 7 heteroatoms. The van der Waals surface area contributed by atoms with Crippen molar-refractivity contribution in [2.75, 3.05) is 37.7 Å². The van der Waals surface area contributed by atoms with E-state index in [1.165, 1.54) is 0 Å². The lowest BCUT2D eigenvalue weighted by Gasteiger charge is -2.36. The third kappa shape index (κ3) is 5.06. The molecule has 172 valence electrons. The Balaban J connectivity index is 1.50. The molecule has 0 N–H and O–H groups in total. The fraction of sp³-hybridized carbons (Fsp3) is 0.308. The molecule has 0 bridgehead atoms. The Morgan fingerprint density at radius 3 is 2.52 bits per heavy atom. The van der Waals surface area contributed by atoms with Crippen molar-refractivity contribution in [1.29, 1.82) is 0 Å². The summed E-state index contributed by atoms with van der Waals surface area (Å²) in [6, 6.07) is 13.5. The van der Waals surface area contributed by atoms with Gasteiger partial charge in [0.05, 0.1) is 17.0 Å². The highest BCUT2D eigenvalue weighted by Gasteiger charge is 2.24. The van der Waals surface area contributed by atoms with Crippen LogP contribution in [0.3, 0.4) is 0 Å². The van der Waals surface area contributed by atoms with E-state index in [2.05, 4.69) is 23.6 Å². The first-order chi connectivity index (χ1) is 15.8. The van der Waals surface area contributed by atoms with Gasteiger partial charge in [-0.25, -0.2) is 4.79 Å². The molecule has 1 amide bonds. The number of piperazine rings is 1. The number of carbonyl (C=O) groups is 1. The minimum Gasteiger partial charge on any atom is -0.488 e. The Morgan fingerprint density at radius 2 is 1.85 bits per heavy atom. The number of nitrogens with zero attached hydrogens (tertiary/aromatic N) is 2. The second kappa shape index (κ2) is 9.71. The molecule has 1 aliphatic heterocycles. The van der Waals surface area contributed by atoms with Gasteiger partial charge in [-0.05, 0) is 43.2 Å². The maximum absolute atomic E-state index is 13.0. The smallest absolute Gasteiger partial charge is 0.340 e. The van der Waals surface area contributed by atoms with E-state index in [4.69, 9.17) is 20.8 Å². The van der Waals surface area contributed by atoms with Crippen LogP contribution in [0.5, 0.6) is 5.75 Å². The highest BCUT2D eigenvalue weighted by molar-refractivity contribution is 6.32. The van der Waals surface area contributed by atoms with Crippen LogP contribution in [0.2, 0.25) is 5.02 Å². The summed E-state index contributed by atoms with van der Waals surface area (Å²) in [7, 11) is 0. The van der Waals surface area contributed by atoms with Gasteiger partial charge < -0.3 is 19.0 Å². The predicted octanol–water partition coefficient (Wildman–Crippen LogP) is 4.60. The molecule has 33 heavy (non-hydrogen) atoms. The quantitative estimate of drug-likeness (QED) is 0.392. The highest BCUT2D eigenvalue weighted by atomic mass is 35.5. The van der Waals surface area contributed by atoms with Crippen LogP contribution in [0.25, 0.3) is 11.0 Å². The molecule has 1 saturated heterocycles. The number of para-hydroxylation sites is 1. The Bertz CT molecular complexity index is 1240. The van der Waals surface area contributed by atoms with Crippen LogP contribution < -0.4 is 15.3 Å². The van der Waals surface area contributed by atoms with Crippen molar-refractivity contribution in [3.63, 3.8) is 0 Å². The second-order valence-electron chi connectivity index (χ2n) is 8.40. The Morgan fingerprint density at radius 1 is 1.15 bits per heavy atom. The van der Waals surface area contributed by atoms with Gasteiger partial charge in [0.1, 0.15) is 17.9 Å². The number of hydrogen-bond donors (Lipinski definition) is 0. The van der Waals surface area contributed by atoms with Crippen molar-refractivity contribution in [3.05, 3.63) is 81.2 Å². The molecule has 2 heterocycles. The highest BCUT2D eigenvalue weighted by Crippen LogP contribution is 2.32. The Kier molecular flexibility index (Phi) is 6.75. The van der Waals surface area contributed by atoms with E-state index < -0.39 is 5.63 Å². The fourth-order valence-electron chi connectivity index (χ4n) is 4.02. The molecular formula is C26H27ClN2O4. The minimum atomic E-state index is -0.510. The van der Waals surface area contributed by atoms with Gasteiger partial charge >= 0.3 is 5.63 Å². The van der Waals surface area contributed by atoms with Gasteiger partial charge in [-0.15, -0.1) is 0 Å². The number of benzene rings is 2. The van der Waals surface area contributed by atoms with Crippen LogP contribution >= 0.6 is 11.6 Å². The van der Waals surface area contributed by atoms with Crippen molar-refractivity contribution in [2.24, 2.45) is 0 Å². The summed E-state index contributed by atoms with van der Waals surface area (Å²) in [6.07, 6.45) is 0.000965. The van der Waals surface area contributed by atoms with Crippen LogP contribution in [0.4, 0.5) is 5.69 Å². The second-order valence-corrected chi connectivity index (χ2v) is 8.81. The fourth-order valence-corrected chi connectivity index (χ4v) is 4.24. The molecule has 0 atom stereocenters. The van der Waals surface area contributed by atoms with Gasteiger partial charge in [-0.3, -0.25) is 4.79 Å². The number of anilines is 1. The number of carbonyl (C=O) groups excluding carboxylic acids is 1. The van der Waals surface area contributed by atoms with Gasteiger partial charge in [0, 0.05) is 43.3 Å². The van der Waals surface area contributed by atoms with Gasteiger partial charge in [-0.2, -0.15) is 0 Å². The first-order valence-electron chi connectivity index (χ1n) is 10.9. The molecule has 3 aromatic rings. The Labute approximate surface area is 198 Å². The van der Waals surface area contributed by atoms with Crippen LogP contribution in [0, 0.1) is 6.92 Å². The van der Waals surface area contributed by atoms with Crippen LogP contribution in [0.1, 0.15) is 18.1 Å². The third-order valence-corrected chi connectivity index (χ3v) is 6.19. The zero-order chi connectivity index (χ0) is 23.5. The summed E-state index contributed by atoms with van der Waals surface area (Å²) in [5, 5.41) is 1.11. The molecule has 6 nitrogen and oxygen atoms in total. The molecule has 0 unspecified atom stereocenters. The zero-order valence-corrected chi connectivity index (χ0v) is 19.7. The largest absolute Gasteiger partial charge is 0.488 e.